The lowest BCUT2D eigenvalue weighted by molar-refractivity contribution is 0.0678. The van der Waals surface area contributed by atoms with Crippen LogP contribution in [0.5, 0.6) is 5.75 Å². The summed E-state index contributed by atoms with van der Waals surface area (Å²) in [4.78, 5) is 15.0. The Kier molecular flexibility index (Phi) is 5.73. The van der Waals surface area contributed by atoms with Crippen molar-refractivity contribution in [3.05, 3.63) is 65.7 Å². The summed E-state index contributed by atoms with van der Waals surface area (Å²) in [5.74, 6) is 0.920. The molecule has 2 fully saturated rings. The van der Waals surface area contributed by atoms with Crippen molar-refractivity contribution in [2.24, 2.45) is 0 Å². The van der Waals surface area contributed by atoms with E-state index in [9.17, 15) is 4.79 Å². The van der Waals surface area contributed by atoms with Crippen molar-refractivity contribution in [3.63, 3.8) is 0 Å². The molecule has 0 N–H and O–H groups in total. The van der Waals surface area contributed by atoms with Crippen LogP contribution in [0.4, 0.5) is 0 Å². The van der Waals surface area contributed by atoms with Gasteiger partial charge in [-0.25, -0.2) is 0 Å². The van der Waals surface area contributed by atoms with Crippen LogP contribution in [-0.2, 0) is 11.2 Å². The van der Waals surface area contributed by atoms with Gasteiger partial charge in [0, 0.05) is 24.8 Å². The van der Waals surface area contributed by atoms with Gasteiger partial charge < -0.3 is 14.4 Å². The van der Waals surface area contributed by atoms with Gasteiger partial charge >= 0.3 is 0 Å². The number of carbonyl (C=O) groups is 1. The number of likely N-dealkylation sites (tertiary alicyclic amines) is 1. The molecule has 2 unspecified atom stereocenters. The van der Waals surface area contributed by atoms with Gasteiger partial charge in [-0.2, -0.15) is 0 Å². The Morgan fingerprint density at radius 2 is 1.85 bits per heavy atom. The average Bonchev–Trinajstić information content (AvgIpc) is 3.39. The monoisotopic (exact) mass is 365 g/mol. The quantitative estimate of drug-likeness (QED) is 0.774. The third kappa shape index (κ3) is 4.51. The minimum Gasteiger partial charge on any atom is -0.491 e. The molecule has 0 aliphatic carbocycles. The van der Waals surface area contributed by atoms with E-state index < -0.39 is 0 Å². The summed E-state index contributed by atoms with van der Waals surface area (Å²) in [6.45, 7) is 2.26. The van der Waals surface area contributed by atoms with Crippen LogP contribution in [-0.4, -0.2) is 42.7 Å². The highest BCUT2D eigenvalue weighted by Crippen LogP contribution is 2.24. The molecule has 2 atom stereocenters. The largest absolute Gasteiger partial charge is 0.491 e. The smallest absolute Gasteiger partial charge is 0.254 e. The molecule has 2 aliphatic rings. The Balaban J connectivity index is 1.36. The number of hydrogen-bond acceptors (Lipinski definition) is 3. The van der Waals surface area contributed by atoms with Crippen LogP contribution < -0.4 is 4.74 Å². The molecule has 0 radical (unpaired) electrons. The molecule has 2 saturated heterocycles. The molecule has 0 aromatic heterocycles. The molecule has 142 valence electrons. The second-order valence-corrected chi connectivity index (χ2v) is 7.45. The van der Waals surface area contributed by atoms with Crippen LogP contribution in [0.2, 0.25) is 0 Å². The van der Waals surface area contributed by atoms with Crippen LogP contribution in [0.25, 0.3) is 0 Å². The molecule has 4 nitrogen and oxygen atoms in total. The van der Waals surface area contributed by atoms with Crippen molar-refractivity contribution in [3.8, 4) is 5.75 Å². The van der Waals surface area contributed by atoms with Crippen LogP contribution in [0.1, 0.15) is 41.6 Å². The first-order valence-corrected chi connectivity index (χ1v) is 9.99. The number of ether oxygens (including phenoxy) is 2. The van der Waals surface area contributed by atoms with Gasteiger partial charge in [0.1, 0.15) is 12.4 Å². The van der Waals surface area contributed by atoms with Crippen molar-refractivity contribution >= 4 is 5.91 Å². The molecule has 2 aliphatic heterocycles. The fourth-order valence-corrected chi connectivity index (χ4v) is 4.03. The normalized spacial score (nSPS) is 22.1. The fraction of sp³-hybridized carbons (Fsp3) is 0.435. The van der Waals surface area contributed by atoms with Gasteiger partial charge in [0.25, 0.3) is 5.91 Å². The zero-order valence-electron chi connectivity index (χ0n) is 15.7. The summed E-state index contributed by atoms with van der Waals surface area (Å²) in [5.41, 5.74) is 2.03. The van der Waals surface area contributed by atoms with Crippen LogP contribution in [0.3, 0.4) is 0 Å². The summed E-state index contributed by atoms with van der Waals surface area (Å²) in [5, 5.41) is 0. The SMILES string of the molecule is O=C(c1ccc(OCC2CCCO2)cc1)N1CCCC1Cc1ccccc1. The van der Waals surface area contributed by atoms with E-state index in [-0.39, 0.29) is 18.1 Å². The number of benzene rings is 2. The topological polar surface area (TPSA) is 38.8 Å². The molecule has 0 spiro atoms. The lowest BCUT2D eigenvalue weighted by atomic mass is 10.0. The van der Waals surface area contributed by atoms with E-state index in [2.05, 4.69) is 24.3 Å². The van der Waals surface area contributed by atoms with Crippen molar-refractivity contribution in [2.45, 2.75) is 44.2 Å². The lowest BCUT2D eigenvalue weighted by Crippen LogP contribution is -2.36. The van der Waals surface area contributed by atoms with Gasteiger partial charge in [0.2, 0.25) is 0 Å². The second kappa shape index (κ2) is 8.57. The molecule has 0 saturated carbocycles. The Bertz CT molecular complexity index is 738. The van der Waals surface area contributed by atoms with Gasteiger partial charge in [-0.3, -0.25) is 4.79 Å². The van der Waals surface area contributed by atoms with E-state index in [4.69, 9.17) is 9.47 Å². The number of carbonyl (C=O) groups excluding carboxylic acids is 1. The van der Waals surface area contributed by atoms with E-state index in [1.54, 1.807) is 0 Å². The van der Waals surface area contributed by atoms with Gasteiger partial charge in [0.15, 0.2) is 0 Å². The van der Waals surface area contributed by atoms with Crippen LogP contribution in [0.15, 0.2) is 54.6 Å². The summed E-state index contributed by atoms with van der Waals surface area (Å²) in [6.07, 6.45) is 5.45. The van der Waals surface area contributed by atoms with E-state index in [1.165, 1.54) is 5.56 Å². The maximum Gasteiger partial charge on any atom is 0.254 e. The molecular weight excluding hydrogens is 338 g/mol. The number of amides is 1. The van der Waals surface area contributed by atoms with Gasteiger partial charge in [0.05, 0.1) is 6.10 Å². The highest BCUT2D eigenvalue weighted by molar-refractivity contribution is 5.94. The van der Waals surface area contributed by atoms with Crippen molar-refractivity contribution in [2.75, 3.05) is 19.8 Å². The van der Waals surface area contributed by atoms with Crippen LogP contribution >= 0.6 is 0 Å². The molecule has 4 rings (SSSR count). The second-order valence-electron chi connectivity index (χ2n) is 7.45. The third-order valence-corrected chi connectivity index (χ3v) is 5.51. The lowest BCUT2D eigenvalue weighted by Gasteiger charge is -2.25. The van der Waals surface area contributed by atoms with E-state index in [1.807, 2.05) is 35.2 Å². The Morgan fingerprint density at radius 3 is 2.59 bits per heavy atom. The van der Waals surface area contributed by atoms with Crippen molar-refractivity contribution in [1.82, 2.24) is 4.90 Å². The third-order valence-electron chi connectivity index (χ3n) is 5.51. The fourth-order valence-electron chi connectivity index (χ4n) is 4.03. The van der Waals surface area contributed by atoms with Crippen molar-refractivity contribution < 1.29 is 14.3 Å². The first-order valence-electron chi connectivity index (χ1n) is 9.99. The first-order chi connectivity index (χ1) is 13.3. The van der Waals surface area contributed by atoms with Gasteiger partial charge in [-0.15, -0.1) is 0 Å². The molecule has 2 aromatic carbocycles. The standard InChI is InChI=1S/C23H27NO3/c25-23(24-14-4-8-20(24)16-18-6-2-1-3-7-18)19-10-12-21(13-11-19)27-17-22-9-5-15-26-22/h1-3,6-7,10-13,20,22H,4-5,8-9,14-17H2. The van der Waals surface area contributed by atoms with E-state index in [0.29, 0.717) is 6.61 Å². The minimum absolute atomic E-state index is 0.124. The number of nitrogens with zero attached hydrogens (tertiary/aromatic N) is 1. The minimum atomic E-state index is 0.124. The van der Waals surface area contributed by atoms with E-state index in [0.717, 1.165) is 56.6 Å². The van der Waals surface area contributed by atoms with Gasteiger partial charge in [-0.1, -0.05) is 30.3 Å². The average molecular weight is 365 g/mol. The van der Waals surface area contributed by atoms with Crippen molar-refractivity contribution in [1.29, 1.82) is 0 Å². The molecule has 1 amide bonds. The molecule has 2 heterocycles. The summed E-state index contributed by atoms with van der Waals surface area (Å²) in [6, 6.07) is 18.3. The predicted octanol–water partition coefficient (Wildman–Crippen LogP) is 4.09. The molecular formula is C23H27NO3. The zero-order valence-corrected chi connectivity index (χ0v) is 15.7. The van der Waals surface area contributed by atoms with Crippen LogP contribution in [0, 0.1) is 0 Å². The van der Waals surface area contributed by atoms with E-state index >= 15 is 0 Å². The highest BCUT2D eigenvalue weighted by atomic mass is 16.5. The first kappa shape index (κ1) is 18.1. The molecule has 4 heteroatoms. The highest BCUT2D eigenvalue weighted by Gasteiger charge is 2.29. The van der Waals surface area contributed by atoms with Gasteiger partial charge in [-0.05, 0) is 61.9 Å². The number of rotatable bonds is 6. The number of hydrogen-bond donors (Lipinski definition) is 0. The summed E-state index contributed by atoms with van der Waals surface area (Å²) >= 11 is 0. The Morgan fingerprint density at radius 1 is 1.04 bits per heavy atom. The Hall–Kier alpha value is -2.33. The summed E-state index contributed by atoms with van der Waals surface area (Å²) in [7, 11) is 0. The predicted molar refractivity (Wildman–Crippen MR) is 105 cm³/mol. The maximum absolute atomic E-state index is 13.0. The zero-order chi connectivity index (χ0) is 18.5. The molecule has 0 bridgehead atoms. The Labute approximate surface area is 161 Å². The maximum atomic E-state index is 13.0. The molecule has 2 aromatic rings. The molecule has 27 heavy (non-hydrogen) atoms. The summed E-state index contributed by atoms with van der Waals surface area (Å²) < 4.78 is 11.4.